The highest BCUT2D eigenvalue weighted by Gasteiger charge is 2.36. The molecule has 1 aliphatic heterocycles. The SMILES string of the molecule is CN1C(=O)CC(Nc2cccc3ncccc23)C1=O. The van der Waals surface area contributed by atoms with E-state index >= 15 is 0 Å². The minimum Gasteiger partial charge on any atom is -0.373 e. The van der Waals surface area contributed by atoms with Gasteiger partial charge in [0.1, 0.15) is 6.04 Å². The lowest BCUT2D eigenvalue weighted by molar-refractivity contribution is -0.136. The van der Waals surface area contributed by atoms with Crippen LogP contribution in [-0.2, 0) is 9.59 Å². The molecular formula is C14H13N3O2. The van der Waals surface area contributed by atoms with Crippen molar-refractivity contribution >= 4 is 28.4 Å². The number of carbonyl (C=O) groups excluding carboxylic acids is 2. The van der Waals surface area contributed by atoms with Crippen molar-refractivity contribution in [3.8, 4) is 0 Å². The van der Waals surface area contributed by atoms with Gasteiger partial charge >= 0.3 is 0 Å². The molecule has 1 unspecified atom stereocenters. The Labute approximate surface area is 110 Å². The van der Waals surface area contributed by atoms with Gasteiger partial charge in [-0.2, -0.15) is 0 Å². The van der Waals surface area contributed by atoms with E-state index in [1.54, 1.807) is 6.20 Å². The summed E-state index contributed by atoms with van der Waals surface area (Å²) in [5.41, 5.74) is 1.68. The van der Waals surface area contributed by atoms with E-state index in [1.807, 2.05) is 30.3 Å². The summed E-state index contributed by atoms with van der Waals surface area (Å²) in [6.07, 6.45) is 1.93. The van der Waals surface area contributed by atoms with Crippen LogP contribution < -0.4 is 5.32 Å². The molecule has 0 spiro atoms. The number of imide groups is 1. The number of rotatable bonds is 2. The molecule has 0 bridgehead atoms. The lowest BCUT2D eigenvalue weighted by atomic mass is 10.1. The monoisotopic (exact) mass is 255 g/mol. The number of anilines is 1. The summed E-state index contributed by atoms with van der Waals surface area (Å²) in [5, 5.41) is 4.09. The Bertz CT molecular complexity index is 663. The number of amides is 2. The van der Waals surface area contributed by atoms with Gasteiger partial charge in [0.15, 0.2) is 0 Å². The smallest absolute Gasteiger partial charge is 0.251 e. The van der Waals surface area contributed by atoms with E-state index in [0.717, 1.165) is 16.6 Å². The van der Waals surface area contributed by atoms with E-state index < -0.39 is 6.04 Å². The first-order chi connectivity index (χ1) is 9.16. The maximum absolute atomic E-state index is 11.9. The average molecular weight is 255 g/mol. The first-order valence-electron chi connectivity index (χ1n) is 6.07. The van der Waals surface area contributed by atoms with Crippen LogP contribution in [0, 0.1) is 0 Å². The Morgan fingerprint density at radius 1 is 1.26 bits per heavy atom. The van der Waals surface area contributed by atoms with E-state index in [9.17, 15) is 9.59 Å². The number of fused-ring (bicyclic) bond motifs is 1. The van der Waals surface area contributed by atoms with Gasteiger partial charge in [-0.05, 0) is 24.3 Å². The number of nitrogens with zero attached hydrogens (tertiary/aromatic N) is 2. The quantitative estimate of drug-likeness (QED) is 0.824. The summed E-state index contributed by atoms with van der Waals surface area (Å²) < 4.78 is 0. The number of nitrogens with one attached hydrogen (secondary N) is 1. The van der Waals surface area contributed by atoms with Crippen LogP contribution in [0.2, 0.25) is 0 Å². The van der Waals surface area contributed by atoms with E-state index in [1.165, 1.54) is 11.9 Å². The molecule has 2 aromatic rings. The highest BCUT2D eigenvalue weighted by atomic mass is 16.2. The summed E-state index contributed by atoms with van der Waals surface area (Å²) in [6, 6.07) is 8.98. The summed E-state index contributed by atoms with van der Waals surface area (Å²) in [5.74, 6) is -0.341. The molecule has 0 saturated carbocycles. The van der Waals surface area contributed by atoms with Crippen LogP contribution in [-0.4, -0.2) is 34.8 Å². The predicted octanol–water partition coefficient (Wildman–Crippen LogP) is 1.40. The van der Waals surface area contributed by atoms with Crippen LogP contribution in [0.4, 0.5) is 5.69 Å². The number of aromatic nitrogens is 1. The van der Waals surface area contributed by atoms with Gasteiger partial charge in [0, 0.05) is 24.3 Å². The van der Waals surface area contributed by atoms with Gasteiger partial charge in [0.25, 0.3) is 5.91 Å². The number of pyridine rings is 1. The van der Waals surface area contributed by atoms with E-state index in [-0.39, 0.29) is 18.2 Å². The molecule has 19 heavy (non-hydrogen) atoms. The lowest BCUT2D eigenvalue weighted by Gasteiger charge is -2.14. The van der Waals surface area contributed by atoms with Crippen molar-refractivity contribution in [2.45, 2.75) is 12.5 Å². The molecule has 1 saturated heterocycles. The fourth-order valence-electron chi connectivity index (χ4n) is 2.29. The largest absolute Gasteiger partial charge is 0.373 e. The second-order valence-electron chi connectivity index (χ2n) is 4.57. The van der Waals surface area contributed by atoms with Crippen LogP contribution in [0.5, 0.6) is 0 Å². The minimum absolute atomic E-state index is 0.152. The molecule has 5 nitrogen and oxygen atoms in total. The summed E-state index contributed by atoms with van der Waals surface area (Å²) in [6.45, 7) is 0. The Balaban J connectivity index is 1.94. The molecule has 2 amide bonds. The van der Waals surface area contributed by atoms with Gasteiger partial charge in [-0.25, -0.2) is 0 Å². The van der Waals surface area contributed by atoms with E-state index in [2.05, 4.69) is 10.3 Å². The molecule has 1 aromatic carbocycles. The highest BCUT2D eigenvalue weighted by Crippen LogP contribution is 2.24. The second kappa shape index (κ2) is 4.35. The molecule has 2 heterocycles. The maximum Gasteiger partial charge on any atom is 0.251 e. The van der Waals surface area contributed by atoms with Gasteiger partial charge in [0.2, 0.25) is 5.91 Å². The van der Waals surface area contributed by atoms with Crippen LogP contribution in [0.15, 0.2) is 36.5 Å². The summed E-state index contributed by atoms with van der Waals surface area (Å²) in [4.78, 5) is 28.8. The highest BCUT2D eigenvalue weighted by molar-refractivity contribution is 6.07. The fourth-order valence-corrected chi connectivity index (χ4v) is 2.29. The van der Waals surface area contributed by atoms with Crippen molar-refractivity contribution < 1.29 is 9.59 Å². The minimum atomic E-state index is -0.483. The van der Waals surface area contributed by atoms with Gasteiger partial charge in [-0.3, -0.25) is 19.5 Å². The second-order valence-corrected chi connectivity index (χ2v) is 4.57. The van der Waals surface area contributed by atoms with Gasteiger partial charge in [-0.1, -0.05) is 6.07 Å². The van der Waals surface area contributed by atoms with Crippen LogP contribution in [0.3, 0.4) is 0 Å². The zero-order chi connectivity index (χ0) is 13.4. The maximum atomic E-state index is 11.9. The van der Waals surface area contributed by atoms with Crippen molar-refractivity contribution in [3.05, 3.63) is 36.5 Å². The molecule has 1 fully saturated rings. The summed E-state index contributed by atoms with van der Waals surface area (Å²) >= 11 is 0. The number of benzene rings is 1. The molecule has 96 valence electrons. The van der Waals surface area contributed by atoms with Gasteiger partial charge in [0.05, 0.1) is 11.9 Å². The Kier molecular flexibility index (Phi) is 2.67. The van der Waals surface area contributed by atoms with Crippen LogP contribution in [0.25, 0.3) is 10.9 Å². The van der Waals surface area contributed by atoms with Crippen LogP contribution >= 0.6 is 0 Å². The Morgan fingerprint density at radius 3 is 2.84 bits per heavy atom. The van der Waals surface area contributed by atoms with Crippen molar-refractivity contribution in [2.24, 2.45) is 0 Å². The normalized spacial score (nSPS) is 19.2. The van der Waals surface area contributed by atoms with Gasteiger partial charge in [-0.15, -0.1) is 0 Å². The molecule has 1 atom stereocenters. The average Bonchev–Trinajstić information content (AvgIpc) is 2.67. The zero-order valence-electron chi connectivity index (χ0n) is 10.5. The molecule has 0 radical (unpaired) electrons. The molecule has 0 aliphatic carbocycles. The number of likely N-dealkylation sites (tertiary alicyclic amines) is 1. The Morgan fingerprint density at radius 2 is 2.11 bits per heavy atom. The number of likely N-dealkylation sites (N-methyl/N-ethyl adjacent to an activating group) is 1. The predicted molar refractivity (Wildman–Crippen MR) is 71.5 cm³/mol. The first kappa shape index (κ1) is 11.6. The Hall–Kier alpha value is -2.43. The number of hydrogen-bond donors (Lipinski definition) is 1. The lowest BCUT2D eigenvalue weighted by Crippen LogP contribution is -2.31. The number of hydrogen-bond acceptors (Lipinski definition) is 4. The van der Waals surface area contributed by atoms with Crippen molar-refractivity contribution in [1.29, 1.82) is 0 Å². The van der Waals surface area contributed by atoms with Crippen molar-refractivity contribution in [3.63, 3.8) is 0 Å². The molecule has 1 N–H and O–H groups in total. The molecule has 3 rings (SSSR count). The van der Waals surface area contributed by atoms with Crippen LogP contribution in [0.1, 0.15) is 6.42 Å². The van der Waals surface area contributed by atoms with E-state index in [4.69, 9.17) is 0 Å². The van der Waals surface area contributed by atoms with Crippen molar-refractivity contribution in [1.82, 2.24) is 9.88 Å². The fraction of sp³-hybridized carbons (Fsp3) is 0.214. The van der Waals surface area contributed by atoms with Crippen molar-refractivity contribution in [2.75, 3.05) is 12.4 Å². The molecule has 5 heteroatoms. The third-order valence-electron chi connectivity index (χ3n) is 3.36. The molecular weight excluding hydrogens is 242 g/mol. The van der Waals surface area contributed by atoms with E-state index in [0.29, 0.717) is 0 Å². The third-order valence-corrected chi connectivity index (χ3v) is 3.36. The zero-order valence-corrected chi connectivity index (χ0v) is 10.5. The first-order valence-corrected chi connectivity index (χ1v) is 6.07. The third kappa shape index (κ3) is 1.93. The topological polar surface area (TPSA) is 62.3 Å². The molecule has 1 aliphatic rings. The van der Waals surface area contributed by atoms with Gasteiger partial charge < -0.3 is 5.32 Å². The number of carbonyl (C=O) groups is 2. The molecule has 1 aromatic heterocycles. The summed E-state index contributed by atoms with van der Waals surface area (Å²) in [7, 11) is 1.51. The standard InChI is InChI=1S/C14H13N3O2/c1-17-13(18)8-12(14(17)19)16-11-6-2-5-10-9(11)4-3-7-15-10/h2-7,12,16H,8H2,1H3.